The van der Waals surface area contributed by atoms with Crippen molar-refractivity contribution in [3.8, 4) is 0 Å². The molecule has 2 heteroatoms. The number of hydrogen-bond acceptors (Lipinski definition) is 0. The van der Waals surface area contributed by atoms with Gasteiger partial charge in [0.05, 0.1) is 0 Å². The first-order valence-electron chi connectivity index (χ1n) is 3.64. The standard InChI is InChI=1S/C10H10F2/c1-6(2)10-8(11)4-7(3)5-9(10)12/h4-5H,1H2,2-3H3. The second kappa shape index (κ2) is 3.05. The maximum Gasteiger partial charge on any atom is 0.133 e. The maximum atomic E-state index is 13.1. The van der Waals surface area contributed by atoms with Gasteiger partial charge < -0.3 is 0 Å². The topological polar surface area (TPSA) is 0 Å². The Morgan fingerprint density at radius 1 is 1.25 bits per heavy atom. The van der Waals surface area contributed by atoms with Gasteiger partial charge in [-0.3, -0.25) is 0 Å². The second-order valence-electron chi connectivity index (χ2n) is 2.88. The highest BCUT2D eigenvalue weighted by atomic mass is 19.1. The van der Waals surface area contributed by atoms with Gasteiger partial charge in [0.1, 0.15) is 11.6 Å². The Morgan fingerprint density at radius 2 is 1.67 bits per heavy atom. The lowest BCUT2D eigenvalue weighted by Gasteiger charge is -2.04. The molecule has 0 atom stereocenters. The molecule has 64 valence electrons. The van der Waals surface area contributed by atoms with Gasteiger partial charge in [-0.05, 0) is 37.1 Å². The third-order valence-electron chi connectivity index (χ3n) is 1.61. The van der Waals surface area contributed by atoms with Crippen LogP contribution in [0, 0.1) is 18.6 Å². The Balaban J connectivity index is 3.38. The average molecular weight is 168 g/mol. The van der Waals surface area contributed by atoms with Crippen molar-refractivity contribution in [2.45, 2.75) is 13.8 Å². The summed E-state index contributed by atoms with van der Waals surface area (Å²) in [5.74, 6) is -1.08. The van der Waals surface area contributed by atoms with E-state index < -0.39 is 11.6 Å². The molecule has 0 nitrogen and oxygen atoms in total. The number of aryl methyl sites for hydroxylation is 1. The molecule has 0 radical (unpaired) electrons. The van der Waals surface area contributed by atoms with Crippen molar-refractivity contribution < 1.29 is 8.78 Å². The minimum Gasteiger partial charge on any atom is -0.206 e. The van der Waals surface area contributed by atoms with Crippen LogP contribution in [0.2, 0.25) is 0 Å². The molecular weight excluding hydrogens is 158 g/mol. The molecule has 0 spiro atoms. The first kappa shape index (κ1) is 8.91. The Kier molecular flexibility index (Phi) is 2.27. The molecule has 0 amide bonds. The molecule has 0 aliphatic heterocycles. The van der Waals surface area contributed by atoms with Crippen LogP contribution in [0.1, 0.15) is 18.1 Å². The molecule has 0 saturated heterocycles. The van der Waals surface area contributed by atoms with Gasteiger partial charge in [-0.25, -0.2) is 8.78 Å². The summed E-state index contributed by atoms with van der Waals surface area (Å²) in [4.78, 5) is 0. The fourth-order valence-electron chi connectivity index (χ4n) is 1.11. The largest absolute Gasteiger partial charge is 0.206 e. The van der Waals surface area contributed by atoms with E-state index in [0.717, 1.165) is 0 Å². The molecule has 1 aromatic rings. The molecule has 0 aliphatic carbocycles. The van der Waals surface area contributed by atoms with Crippen LogP contribution in [0.5, 0.6) is 0 Å². The van der Waals surface area contributed by atoms with E-state index in [1.54, 1.807) is 13.8 Å². The first-order chi connectivity index (χ1) is 5.52. The van der Waals surface area contributed by atoms with E-state index in [-0.39, 0.29) is 5.56 Å². The number of allylic oxidation sites excluding steroid dienone is 1. The van der Waals surface area contributed by atoms with Crippen molar-refractivity contribution in [1.82, 2.24) is 0 Å². The average Bonchev–Trinajstić information content (AvgIpc) is 1.82. The van der Waals surface area contributed by atoms with Gasteiger partial charge >= 0.3 is 0 Å². The molecule has 0 N–H and O–H groups in total. The monoisotopic (exact) mass is 168 g/mol. The number of benzene rings is 1. The molecule has 0 saturated carbocycles. The highest BCUT2D eigenvalue weighted by molar-refractivity contribution is 5.62. The lowest BCUT2D eigenvalue weighted by atomic mass is 10.1. The SMILES string of the molecule is C=C(C)c1c(F)cc(C)cc1F. The number of halogens is 2. The third kappa shape index (κ3) is 1.52. The quantitative estimate of drug-likeness (QED) is 0.603. The summed E-state index contributed by atoms with van der Waals surface area (Å²) in [6, 6.07) is 2.60. The van der Waals surface area contributed by atoms with Gasteiger partial charge in [0.2, 0.25) is 0 Å². The van der Waals surface area contributed by atoms with E-state index in [0.29, 0.717) is 11.1 Å². The molecule has 1 aromatic carbocycles. The summed E-state index contributed by atoms with van der Waals surface area (Å²) in [6.07, 6.45) is 0. The molecule has 0 unspecified atom stereocenters. The van der Waals surface area contributed by atoms with Crippen molar-refractivity contribution >= 4 is 5.57 Å². The zero-order chi connectivity index (χ0) is 9.30. The van der Waals surface area contributed by atoms with Crippen LogP contribution in [0.4, 0.5) is 8.78 Å². The van der Waals surface area contributed by atoms with Crippen LogP contribution in [-0.4, -0.2) is 0 Å². The summed E-state index contributed by atoms with van der Waals surface area (Å²) in [5, 5.41) is 0. The van der Waals surface area contributed by atoms with Crippen LogP contribution >= 0.6 is 0 Å². The first-order valence-corrected chi connectivity index (χ1v) is 3.64. The fourth-order valence-corrected chi connectivity index (χ4v) is 1.11. The summed E-state index contributed by atoms with van der Waals surface area (Å²) in [7, 11) is 0. The van der Waals surface area contributed by atoms with Gasteiger partial charge in [0, 0.05) is 5.56 Å². The molecule has 12 heavy (non-hydrogen) atoms. The molecule has 0 aliphatic rings. The van der Waals surface area contributed by atoms with Crippen molar-refractivity contribution in [3.05, 3.63) is 41.5 Å². The van der Waals surface area contributed by atoms with Crippen LogP contribution in [0.25, 0.3) is 5.57 Å². The van der Waals surface area contributed by atoms with Crippen LogP contribution in [0.3, 0.4) is 0 Å². The molecule has 1 rings (SSSR count). The minimum absolute atomic E-state index is 0.0133. The predicted octanol–water partition coefficient (Wildman–Crippen LogP) is 3.31. The lowest BCUT2D eigenvalue weighted by molar-refractivity contribution is 0.575. The van der Waals surface area contributed by atoms with E-state index in [1.807, 2.05) is 0 Å². The Bertz CT molecular complexity index is 304. The normalized spacial score (nSPS) is 10.0. The smallest absolute Gasteiger partial charge is 0.133 e. The zero-order valence-electron chi connectivity index (χ0n) is 7.12. The molecule has 0 heterocycles. The highest BCUT2D eigenvalue weighted by Gasteiger charge is 2.09. The summed E-state index contributed by atoms with van der Waals surface area (Å²) >= 11 is 0. The predicted molar refractivity (Wildman–Crippen MR) is 45.8 cm³/mol. The summed E-state index contributed by atoms with van der Waals surface area (Å²) in [5.41, 5.74) is 0.973. The molecular formula is C10H10F2. The van der Waals surface area contributed by atoms with Crippen LogP contribution < -0.4 is 0 Å². The Labute approximate surface area is 70.5 Å². The van der Waals surface area contributed by atoms with Crippen molar-refractivity contribution in [3.63, 3.8) is 0 Å². The van der Waals surface area contributed by atoms with Crippen molar-refractivity contribution in [1.29, 1.82) is 0 Å². The highest BCUT2D eigenvalue weighted by Crippen LogP contribution is 2.21. The Morgan fingerprint density at radius 3 is 2.00 bits per heavy atom. The molecule has 0 fully saturated rings. The van der Waals surface area contributed by atoms with Crippen molar-refractivity contribution in [2.24, 2.45) is 0 Å². The van der Waals surface area contributed by atoms with Crippen molar-refractivity contribution in [2.75, 3.05) is 0 Å². The van der Waals surface area contributed by atoms with Gasteiger partial charge in [0.15, 0.2) is 0 Å². The second-order valence-corrected chi connectivity index (χ2v) is 2.88. The van der Waals surface area contributed by atoms with Gasteiger partial charge in [-0.2, -0.15) is 0 Å². The summed E-state index contributed by atoms with van der Waals surface area (Å²) < 4.78 is 26.1. The van der Waals surface area contributed by atoms with Gasteiger partial charge in [0.25, 0.3) is 0 Å². The lowest BCUT2D eigenvalue weighted by Crippen LogP contribution is -1.93. The third-order valence-corrected chi connectivity index (χ3v) is 1.61. The van der Waals surface area contributed by atoms with Crippen LogP contribution in [-0.2, 0) is 0 Å². The minimum atomic E-state index is -0.542. The summed E-state index contributed by atoms with van der Waals surface area (Å²) in [6.45, 7) is 6.72. The van der Waals surface area contributed by atoms with E-state index in [2.05, 4.69) is 6.58 Å². The van der Waals surface area contributed by atoms with Gasteiger partial charge in [-0.1, -0.05) is 6.58 Å². The molecule has 0 bridgehead atoms. The zero-order valence-corrected chi connectivity index (χ0v) is 7.12. The van der Waals surface area contributed by atoms with E-state index in [1.165, 1.54) is 12.1 Å². The maximum absolute atomic E-state index is 13.1. The van der Waals surface area contributed by atoms with E-state index in [4.69, 9.17) is 0 Å². The van der Waals surface area contributed by atoms with Crippen LogP contribution in [0.15, 0.2) is 18.7 Å². The number of rotatable bonds is 1. The van der Waals surface area contributed by atoms with E-state index >= 15 is 0 Å². The van der Waals surface area contributed by atoms with E-state index in [9.17, 15) is 8.78 Å². The van der Waals surface area contributed by atoms with Gasteiger partial charge in [-0.15, -0.1) is 0 Å². The molecule has 0 aromatic heterocycles. The number of hydrogen-bond donors (Lipinski definition) is 0. The Hall–Kier alpha value is -1.18. The fraction of sp³-hybridized carbons (Fsp3) is 0.200.